The summed E-state index contributed by atoms with van der Waals surface area (Å²) in [5, 5.41) is 3.02. The number of nitrogens with two attached hydrogens (primary N) is 1. The Morgan fingerprint density at radius 1 is 1.09 bits per heavy atom. The summed E-state index contributed by atoms with van der Waals surface area (Å²) in [5.74, 6) is 0.347. The lowest BCUT2D eigenvalue weighted by molar-refractivity contribution is 0.0827. The van der Waals surface area contributed by atoms with E-state index in [0.717, 1.165) is 11.3 Å². The molecule has 2 rings (SSSR count). The van der Waals surface area contributed by atoms with Crippen LogP contribution in [0, 0.1) is 0 Å². The SMILES string of the molecule is CN(C)C(=O)c1ccc(CN=C(N)Nc2ccccc2)cc1. The van der Waals surface area contributed by atoms with E-state index in [1.54, 1.807) is 31.1 Å². The van der Waals surface area contributed by atoms with Crippen LogP contribution in [-0.2, 0) is 6.54 Å². The van der Waals surface area contributed by atoms with Crippen LogP contribution in [0.25, 0.3) is 0 Å². The molecule has 0 aromatic heterocycles. The zero-order chi connectivity index (χ0) is 15.9. The lowest BCUT2D eigenvalue weighted by atomic mass is 10.1. The predicted molar refractivity (Wildman–Crippen MR) is 89.9 cm³/mol. The summed E-state index contributed by atoms with van der Waals surface area (Å²) in [6.45, 7) is 0.460. The van der Waals surface area contributed by atoms with Crippen LogP contribution in [0.1, 0.15) is 15.9 Å². The Kier molecular flexibility index (Phi) is 5.14. The van der Waals surface area contributed by atoms with Crippen LogP contribution in [0.5, 0.6) is 0 Å². The van der Waals surface area contributed by atoms with Gasteiger partial charge in [0.1, 0.15) is 0 Å². The Hall–Kier alpha value is -2.82. The van der Waals surface area contributed by atoms with E-state index in [1.165, 1.54) is 0 Å². The van der Waals surface area contributed by atoms with E-state index in [-0.39, 0.29) is 5.91 Å². The van der Waals surface area contributed by atoms with Gasteiger partial charge in [-0.2, -0.15) is 0 Å². The first kappa shape index (κ1) is 15.6. The Labute approximate surface area is 130 Å². The predicted octanol–water partition coefficient (Wildman–Crippen LogP) is 2.32. The molecule has 1 amide bonds. The van der Waals surface area contributed by atoms with Crippen LogP contribution in [0.3, 0.4) is 0 Å². The van der Waals surface area contributed by atoms with Crippen molar-refractivity contribution in [3.8, 4) is 0 Å². The van der Waals surface area contributed by atoms with Gasteiger partial charge in [-0.1, -0.05) is 30.3 Å². The largest absolute Gasteiger partial charge is 0.370 e. The van der Waals surface area contributed by atoms with Crippen molar-refractivity contribution < 1.29 is 4.79 Å². The molecule has 2 aromatic rings. The number of anilines is 1. The molecule has 0 aliphatic heterocycles. The first-order chi connectivity index (χ1) is 10.6. The fraction of sp³-hybridized carbons (Fsp3) is 0.176. The number of aliphatic imine (C=N–C) groups is 1. The summed E-state index contributed by atoms with van der Waals surface area (Å²) in [7, 11) is 3.47. The zero-order valence-electron chi connectivity index (χ0n) is 12.8. The minimum Gasteiger partial charge on any atom is -0.370 e. The number of carbonyl (C=O) groups is 1. The highest BCUT2D eigenvalue weighted by Crippen LogP contribution is 2.08. The van der Waals surface area contributed by atoms with E-state index >= 15 is 0 Å². The third kappa shape index (κ3) is 4.34. The standard InChI is InChI=1S/C17H20N4O/c1-21(2)16(22)14-10-8-13(9-11-14)12-19-17(18)20-15-6-4-3-5-7-15/h3-11H,12H2,1-2H3,(H3,18,19,20). The maximum absolute atomic E-state index is 11.8. The average molecular weight is 296 g/mol. The number of hydrogen-bond donors (Lipinski definition) is 2. The molecule has 2 aromatic carbocycles. The number of nitrogens with zero attached hydrogens (tertiary/aromatic N) is 2. The van der Waals surface area contributed by atoms with Crippen LogP contribution in [0.15, 0.2) is 59.6 Å². The van der Waals surface area contributed by atoms with Gasteiger partial charge < -0.3 is 16.0 Å². The summed E-state index contributed by atoms with van der Waals surface area (Å²) in [6, 6.07) is 17.0. The van der Waals surface area contributed by atoms with Gasteiger partial charge in [-0.25, -0.2) is 4.99 Å². The average Bonchev–Trinajstić information content (AvgIpc) is 2.53. The summed E-state index contributed by atoms with van der Waals surface area (Å²) in [4.78, 5) is 17.6. The molecule has 3 N–H and O–H groups in total. The summed E-state index contributed by atoms with van der Waals surface area (Å²) >= 11 is 0. The maximum atomic E-state index is 11.8. The molecule has 0 aliphatic carbocycles. The van der Waals surface area contributed by atoms with Crippen molar-refractivity contribution in [2.45, 2.75) is 6.54 Å². The number of guanidine groups is 1. The number of amides is 1. The third-order valence-electron chi connectivity index (χ3n) is 3.09. The third-order valence-corrected chi connectivity index (χ3v) is 3.09. The molecule has 0 spiro atoms. The number of benzene rings is 2. The normalized spacial score (nSPS) is 11.1. The molecule has 5 heteroatoms. The van der Waals surface area contributed by atoms with Crippen molar-refractivity contribution in [2.24, 2.45) is 10.7 Å². The van der Waals surface area contributed by atoms with Gasteiger partial charge in [0.15, 0.2) is 5.96 Å². The molecule has 0 saturated carbocycles. The van der Waals surface area contributed by atoms with E-state index in [4.69, 9.17) is 5.73 Å². The summed E-state index contributed by atoms with van der Waals surface area (Å²) < 4.78 is 0. The molecular formula is C17H20N4O. The van der Waals surface area contributed by atoms with Gasteiger partial charge in [0.05, 0.1) is 6.54 Å². The lowest BCUT2D eigenvalue weighted by Crippen LogP contribution is -2.22. The molecular weight excluding hydrogens is 276 g/mol. The molecule has 0 saturated heterocycles. The number of rotatable bonds is 4. The quantitative estimate of drug-likeness (QED) is 0.672. The van der Waals surface area contributed by atoms with Gasteiger partial charge in [-0.3, -0.25) is 4.79 Å². The van der Waals surface area contributed by atoms with Crippen LogP contribution in [0.4, 0.5) is 5.69 Å². The molecule has 5 nitrogen and oxygen atoms in total. The van der Waals surface area contributed by atoms with Gasteiger partial charge in [-0.05, 0) is 29.8 Å². The van der Waals surface area contributed by atoms with Crippen molar-refractivity contribution in [1.82, 2.24) is 4.90 Å². The van der Waals surface area contributed by atoms with Gasteiger partial charge in [0.2, 0.25) is 0 Å². The van der Waals surface area contributed by atoms with Crippen molar-refractivity contribution in [2.75, 3.05) is 19.4 Å². The molecule has 0 fully saturated rings. The van der Waals surface area contributed by atoms with Crippen LogP contribution in [0.2, 0.25) is 0 Å². The lowest BCUT2D eigenvalue weighted by Gasteiger charge is -2.10. The second-order valence-corrected chi connectivity index (χ2v) is 5.09. The highest BCUT2D eigenvalue weighted by atomic mass is 16.2. The Bertz CT molecular complexity index is 648. The topological polar surface area (TPSA) is 70.7 Å². The van der Waals surface area contributed by atoms with E-state index in [9.17, 15) is 4.79 Å². The second kappa shape index (κ2) is 7.26. The van der Waals surface area contributed by atoms with Gasteiger partial charge in [0, 0.05) is 25.3 Å². The first-order valence-electron chi connectivity index (χ1n) is 6.99. The number of nitrogens with one attached hydrogen (secondary N) is 1. The number of hydrogen-bond acceptors (Lipinski definition) is 2. The maximum Gasteiger partial charge on any atom is 0.253 e. The number of carbonyl (C=O) groups excluding carboxylic acids is 1. The van der Waals surface area contributed by atoms with Gasteiger partial charge in [0.25, 0.3) is 5.91 Å². The fourth-order valence-corrected chi connectivity index (χ4v) is 1.90. The van der Waals surface area contributed by atoms with Crippen molar-refractivity contribution >= 4 is 17.6 Å². The Balaban J connectivity index is 1.96. The highest BCUT2D eigenvalue weighted by Gasteiger charge is 2.06. The molecule has 0 atom stereocenters. The zero-order valence-corrected chi connectivity index (χ0v) is 12.8. The van der Waals surface area contributed by atoms with Crippen LogP contribution >= 0.6 is 0 Å². The second-order valence-electron chi connectivity index (χ2n) is 5.09. The molecule has 0 bridgehead atoms. The van der Waals surface area contributed by atoms with Gasteiger partial charge in [-0.15, -0.1) is 0 Å². The van der Waals surface area contributed by atoms with Crippen LogP contribution in [-0.4, -0.2) is 30.9 Å². The van der Waals surface area contributed by atoms with E-state index in [0.29, 0.717) is 18.1 Å². The van der Waals surface area contributed by atoms with E-state index in [2.05, 4.69) is 10.3 Å². The fourth-order valence-electron chi connectivity index (χ4n) is 1.90. The van der Waals surface area contributed by atoms with Crippen molar-refractivity contribution in [1.29, 1.82) is 0 Å². The minimum atomic E-state index is -0.0136. The van der Waals surface area contributed by atoms with Crippen molar-refractivity contribution in [3.63, 3.8) is 0 Å². The Morgan fingerprint density at radius 3 is 2.32 bits per heavy atom. The highest BCUT2D eigenvalue weighted by molar-refractivity contribution is 5.94. The first-order valence-corrected chi connectivity index (χ1v) is 6.99. The van der Waals surface area contributed by atoms with Gasteiger partial charge >= 0.3 is 0 Å². The van der Waals surface area contributed by atoms with Crippen LogP contribution < -0.4 is 11.1 Å². The minimum absolute atomic E-state index is 0.0136. The smallest absolute Gasteiger partial charge is 0.253 e. The Morgan fingerprint density at radius 2 is 1.73 bits per heavy atom. The number of para-hydroxylation sites is 1. The molecule has 0 radical (unpaired) electrons. The molecule has 0 unspecified atom stereocenters. The molecule has 22 heavy (non-hydrogen) atoms. The molecule has 0 heterocycles. The summed E-state index contributed by atoms with van der Waals surface area (Å²) in [5.41, 5.74) is 8.40. The summed E-state index contributed by atoms with van der Waals surface area (Å²) in [6.07, 6.45) is 0. The monoisotopic (exact) mass is 296 g/mol. The molecule has 114 valence electrons. The molecule has 0 aliphatic rings. The van der Waals surface area contributed by atoms with Crippen molar-refractivity contribution in [3.05, 3.63) is 65.7 Å². The van der Waals surface area contributed by atoms with E-state index in [1.807, 2.05) is 42.5 Å². The van der Waals surface area contributed by atoms with E-state index < -0.39 is 0 Å².